The predicted molar refractivity (Wildman–Crippen MR) is 303 cm³/mol. The SMILES string of the molecule is CCCCCCCCCCCCCCCCC(CCCCCCCCCCCCCC)C(=O)O.CCCCCCCCCCCCCCCCOC(=O)CCCCCCCCCCCCCCC. The van der Waals surface area contributed by atoms with E-state index in [1.165, 1.54) is 315 Å². The van der Waals surface area contributed by atoms with E-state index < -0.39 is 5.97 Å². The Kier molecular flexibility index (Phi) is 64.9. The van der Waals surface area contributed by atoms with Crippen LogP contribution >= 0.6 is 0 Å². The second-order valence-corrected chi connectivity index (χ2v) is 21.9. The molecule has 0 aromatic carbocycles. The molecule has 0 radical (unpaired) electrons. The molecule has 1 atom stereocenters. The number of hydrogen-bond donors (Lipinski definition) is 1. The minimum Gasteiger partial charge on any atom is -0.481 e. The lowest BCUT2D eigenvalue weighted by atomic mass is 9.94. The first-order chi connectivity index (χ1) is 33.5. The maximum absolute atomic E-state index is 11.9. The summed E-state index contributed by atoms with van der Waals surface area (Å²) >= 11 is 0. The van der Waals surface area contributed by atoms with Crippen LogP contribution < -0.4 is 0 Å². The zero-order valence-electron chi connectivity index (χ0n) is 47.6. The molecule has 0 saturated heterocycles. The maximum Gasteiger partial charge on any atom is 0.306 e. The fraction of sp³-hybridized carbons (Fsp3) is 0.969. The van der Waals surface area contributed by atoms with Gasteiger partial charge in [-0.15, -0.1) is 0 Å². The van der Waals surface area contributed by atoms with Gasteiger partial charge in [-0.2, -0.15) is 0 Å². The molecule has 0 heterocycles. The molecule has 68 heavy (non-hydrogen) atoms. The molecule has 0 aliphatic carbocycles. The average molecular weight is 962 g/mol. The first-order valence-corrected chi connectivity index (χ1v) is 31.9. The molecule has 408 valence electrons. The normalized spacial score (nSPS) is 11.8. The summed E-state index contributed by atoms with van der Waals surface area (Å²) in [5, 5.41) is 9.55. The Bertz CT molecular complexity index is 916. The zero-order chi connectivity index (χ0) is 49.7. The Morgan fingerprint density at radius 2 is 0.471 bits per heavy atom. The summed E-state index contributed by atoms with van der Waals surface area (Å²) in [5.41, 5.74) is 0. The van der Waals surface area contributed by atoms with Gasteiger partial charge in [0.05, 0.1) is 12.5 Å². The van der Waals surface area contributed by atoms with Crippen LogP contribution in [0.1, 0.15) is 387 Å². The Morgan fingerprint density at radius 1 is 0.279 bits per heavy atom. The number of carboxylic acid groups (broad SMARTS) is 1. The smallest absolute Gasteiger partial charge is 0.306 e. The highest BCUT2D eigenvalue weighted by molar-refractivity contribution is 5.70. The summed E-state index contributed by atoms with van der Waals surface area (Å²) in [5.74, 6) is -0.629. The number of carbonyl (C=O) groups is 2. The number of aliphatic carboxylic acids is 1. The molecule has 4 nitrogen and oxygen atoms in total. The van der Waals surface area contributed by atoms with Crippen molar-refractivity contribution in [3.8, 4) is 0 Å². The second kappa shape index (κ2) is 64.0. The third-order valence-electron chi connectivity index (χ3n) is 14.9. The van der Waals surface area contributed by atoms with Gasteiger partial charge in [-0.1, -0.05) is 355 Å². The summed E-state index contributed by atoms with van der Waals surface area (Å²) in [7, 11) is 0. The quantitative estimate of drug-likeness (QED) is 0.0487. The summed E-state index contributed by atoms with van der Waals surface area (Å²) < 4.78 is 5.42. The van der Waals surface area contributed by atoms with Gasteiger partial charge in [-0.25, -0.2) is 0 Å². The van der Waals surface area contributed by atoms with Gasteiger partial charge in [-0.3, -0.25) is 9.59 Å². The highest BCUT2D eigenvalue weighted by Gasteiger charge is 2.16. The molecule has 0 aliphatic rings. The number of carboxylic acids is 1. The van der Waals surface area contributed by atoms with Gasteiger partial charge in [0.15, 0.2) is 0 Å². The van der Waals surface area contributed by atoms with Crippen LogP contribution in [0.25, 0.3) is 0 Å². The fourth-order valence-corrected chi connectivity index (χ4v) is 10.1. The van der Waals surface area contributed by atoms with Crippen LogP contribution in [-0.4, -0.2) is 23.7 Å². The van der Waals surface area contributed by atoms with Crippen LogP contribution in [0.3, 0.4) is 0 Å². The molecule has 0 aliphatic heterocycles. The minimum atomic E-state index is -0.558. The van der Waals surface area contributed by atoms with Crippen LogP contribution in [0, 0.1) is 5.92 Å². The first-order valence-electron chi connectivity index (χ1n) is 31.9. The molecule has 0 aromatic rings. The van der Waals surface area contributed by atoms with Gasteiger partial charge in [0.2, 0.25) is 0 Å². The van der Waals surface area contributed by atoms with E-state index in [0.717, 1.165) is 38.5 Å². The molecule has 0 saturated carbocycles. The molecule has 0 amide bonds. The van der Waals surface area contributed by atoms with E-state index >= 15 is 0 Å². The Balaban J connectivity index is 0. The molecular formula is C64H128O4. The summed E-state index contributed by atoms with van der Waals surface area (Å²) in [6, 6.07) is 0. The molecule has 1 N–H and O–H groups in total. The lowest BCUT2D eigenvalue weighted by molar-refractivity contribution is -0.144. The number of hydrogen-bond acceptors (Lipinski definition) is 3. The first kappa shape index (κ1) is 69.0. The van der Waals surface area contributed by atoms with Gasteiger partial charge in [0, 0.05) is 6.42 Å². The van der Waals surface area contributed by atoms with E-state index in [-0.39, 0.29) is 11.9 Å². The van der Waals surface area contributed by atoms with Crippen LogP contribution in [0.5, 0.6) is 0 Å². The van der Waals surface area contributed by atoms with Crippen molar-refractivity contribution in [2.75, 3.05) is 6.61 Å². The van der Waals surface area contributed by atoms with Crippen molar-refractivity contribution >= 4 is 11.9 Å². The van der Waals surface area contributed by atoms with Crippen LogP contribution in [0.2, 0.25) is 0 Å². The van der Waals surface area contributed by atoms with E-state index in [1.54, 1.807) is 0 Å². The van der Waals surface area contributed by atoms with Gasteiger partial charge in [-0.05, 0) is 25.7 Å². The van der Waals surface area contributed by atoms with E-state index in [1.807, 2.05) is 0 Å². The molecule has 1 unspecified atom stereocenters. The Morgan fingerprint density at radius 3 is 0.691 bits per heavy atom. The molecule has 0 rings (SSSR count). The number of carbonyl (C=O) groups excluding carboxylic acids is 1. The number of unbranched alkanes of at least 4 members (excludes halogenated alkanes) is 49. The third kappa shape index (κ3) is 63.0. The van der Waals surface area contributed by atoms with E-state index in [2.05, 4.69) is 27.7 Å². The topological polar surface area (TPSA) is 63.6 Å². The predicted octanol–water partition coefficient (Wildman–Crippen LogP) is 23.1. The highest BCUT2D eigenvalue weighted by Crippen LogP contribution is 2.21. The second-order valence-electron chi connectivity index (χ2n) is 21.9. The van der Waals surface area contributed by atoms with Gasteiger partial charge >= 0.3 is 11.9 Å². The number of esters is 1. The van der Waals surface area contributed by atoms with Gasteiger partial charge in [0.1, 0.15) is 0 Å². The van der Waals surface area contributed by atoms with Crippen LogP contribution in [0.15, 0.2) is 0 Å². The van der Waals surface area contributed by atoms with E-state index in [4.69, 9.17) is 4.74 Å². The maximum atomic E-state index is 11.9. The molecular weight excluding hydrogens is 833 g/mol. The Hall–Kier alpha value is -1.06. The van der Waals surface area contributed by atoms with E-state index in [9.17, 15) is 14.7 Å². The largest absolute Gasteiger partial charge is 0.481 e. The van der Waals surface area contributed by atoms with E-state index in [0.29, 0.717) is 13.0 Å². The standard InChI is InChI=1S/2C32H64O2/c1-3-5-7-9-11-13-15-17-18-20-22-24-26-28-30-31(32(33)34)29-27-25-23-21-19-16-14-12-10-8-6-4-2;1-3-5-7-9-11-13-15-17-19-21-23-25-27-29-31-34-32(33)30-28-26-24-22-20-18-16-14-12-10-8-6-4-2/h31H,3-30H2,1-2H3,(H,33,34);3-31H2,1-2H3. The third-order valence-corrected chi connectivity index (χ3v) is 14.9. The number of rotatable bonds is 58. The molecule has 0 bridgehead atoms. The zero-order valence-corrected chi connectivity index (χ0v) is 47.6. The fourth-order valence-electron chi connectivity index (χ4n) is 10.1. The monoisotopic (exact) mass is 961 g/mol. The summed E-state index contributed by atoms with van der Waals surface area (Å²) in [6.45, 7) is 9.76. The molecule has 0 aromatic heterocycles. The van der Waals surface area contributed by atoms with Crippen molar-refractivity contribution < 1.29 is 19.4 Å². The van der Waals surface area contributed by atoms with Crippen LogP contribution in [-0.2, 0) is 14.3 Å². The van der Waals surface area contributed by atoms with Crippen molar-refractivity contribution in [2.24, 2.45) is 5.92 Å². The molecule has 4 heteroatoms. The van der Waals surface area contributed by atoms with Crippen molar-refractivity contribution in [3.63, 3.8) is 0 Å². The summed E-state index contributed by atoms with van der Waals surface area (Å²) in [6.07, 6.45) is 74.1. The minimum absolute atomic E-state index is 0.0257. The lowest BCUT2D eigenvalue weighted by Gasteiger charge is -2.12. The number of ether oxygens (including phenoxy) is 1. The van der Waals surface area contributed by atoms with Crippen LogP contribution in [0.4, 0.5) is 0 Å². The average Bonchev–Trinajstić information content (AvgIpc) is 3.34. The van der Waals surface area contributed by atoms with Crippen molar-refractivity contribution in [1.82, 2.24) is 0 Å². The summed E-state index contributed by atoms with van der Waals surface area (Å²) in [4.78, 5) is 23.5. The van der Waals surface area contributed by atoms with Crippen molar-refractivity contribution in [3.05, 3.63) is 0 Å². The molecule has 0 spiro atoms. The lowest BCUT2D eigenvalue weighted by Crippen LogP contribution is -2.13. The van der Waals surface area contributed by atoms with Gasteiger partial charge < -0.3 is 9.84 Å². The van der Waals surface area contributed by atoms with Gasteiger partial charge in [0.25, 0.3) is 0 Å². The Labute approximate surface area is 429 Å². The van der Waals surface area contributed by atoms with Crippen molar-refractivity contribution in [1.29, 1.82) is 0 Å². The highest BCUT2D eigenvalue weighted by atomic mass is 16.5. The van der Waals surface area contributed by atoms with Crippen molar-refractivity contribution in [2.45, 2.75) is 387 Å². The molecule has 0 fully saturated rings.